The summed E-state index contributed by atoms with van der Waals surface area (Å²) in [7, 11) is 3.93. The third-order valence-electron chi connectivity index (χ3n) is 2.07. The van der Waals surface area contributed by atoms with E-state index in [-0.39, 0.29) is 5.91 Å². The van der Waals surface area contributed by atoms with Crippen molar-refractivity contribution in [2.75, 3.05) is 32.9 Å². The number of nitrogens with zero attached hydrogens (tertiary/aromatic N) is 2. The predicted molar refractivity (Wildman–Crippen MR) is 63.9 cm³/mol. The van der Waals surface area contributed by atoms with Crippen molar-refractivity contribution in [3.63, 3.8) is 0 Å². The van der Waals surface area contributed by atoms with Crippen LogP contribution < -0.4 is 11.1 Å². The van der Waals surface area contributed by atoms with Crippen molar-refractivity contribution >= 4 is 11.6 Å². The Bertz CT molecular complexity index is 334. The molecule has 3 N–H and O–H groups in total. The number of likely N-dealkylation sites (N-methyl/N-ethyl adjacent to an activating group) is 1. The third kappa shape index (κ3) is 4.75. The molecule has 0 aliphatic carbocycles. The Morgan fingerprint density at radius 1 is 1.50 bits per heavy atom. The third-order valence-corrected chi connectivity index (χ3v) is 2.07. The van der Waals surface area contributed by atoms with Gasteiger partial charge in [-0.2, -0.15) is 0 Å². The minimum atomic E-state index is -0.0147. The van der Waals surface area contributed by atoms with E-state index in [1.807, 2.05) is 19.0 Å². The average molecular weight is 222 g/mol. The molecule has 0 saturated heterocycles. The van der Waals surface area contributed by atoms with Gasteiger partial charge in [0.15, 0.2) is 0 Å². The molecule has 0 fully saturated rings. The van der Waals surface area contributed by atoms with Crippen molar-refractivity contribution in [3.8, 4) is 0 Å². The lowest BCUT2D eigenvalue weighted by Gasteiger charge is -2.10. The van der Waals surface area contributed by atoms with Gasteiger partial charge >= 0.3 is 0 Å². The number of nitrogens with two attached hydrogens (primary N) is 1. The molecule has 1 heterocycles. The Morgan fingerprint density at radius 3 is 2.81 bits per heavy atom. The second-order valence-electron chi connectivity index (χ2n) is 3.91. The first-order valence-corrected chi connectivity index (χ1v) is 5.20. The molecule has 0 saturated carbocycles. The zero-order valence-corrected chi connectivity index (χ0v) is 9.73. The lowest BCUT2D eigenvalue weighted by molar-refractivity contribution is -0.120. The highest BCUT2D eigenvalue weighted by molar-refractivity contribution is 5.78. The molecule has 0 spiro atoms. The first-order chi connectivity index (χ1) is 7.58. The maximum atomic E-state index is 11.5. The molecule has 0 aliphatic rings. The van der Waals surface area contributed by atoms with Crippen LogP contribution in [0.15, 0.2) is 18.3 Å². The van der Waals surface area contributed by atoms with Crippen molar-refractivity contribution in [3.05, 3.63) is 24.0 Å². The van der Waals surface area contributed by atoms with E-state index >= 15 is 0 Å². The topological polar surface area (TPSA) is 71.2 Å². The van der Waals surface area contributed by atoms with Gasteiger partial charge in [-0.05, 0) is 26.2 Å². The summed E-state index contributed by atoms with van der Waals surface area (Å²) in [6.07, 6.45) is 1.86. The van der Waals surface area contributed by atoms with E-state index in [9.17, 15) is 4.79 Å². The van der Waals surface area contributed by atoms with Gasteiger partial charge in [0.25, 0.3) is 0 Å². The van der Waals surface area contributed by atoms with Gasteiger partial charge in [0.2, 0.25) is 5.91 Å². The lowest BCUT2D eigenvalue weighted by atomic mass is 10.2. The summed E-state index contributed by atoms with van der Waals surface area (Å²) in [5.41, 5.74) is 6.84. The molecule has 0 unspecified atom stereocenters. The molecule has 16 heavy (non-hydrogen) atoms. The lowest BCUT2D eigenvalue weighted by Crippen LogP contribution is -2.32. The number of carbonyl (C=O) groups excluding carboxylic acids is 1. The number of hydrogen-bond donors (Lipinski definition) is 2. The number of anilines is 1. The standard InChI is InChI=1S/C11H18N4O/c1-15(2)6-5-13-11(16)7-10-4-3-9(12)8-14-10/h3-4,8H,5-7,12H2,1-2H3,(H,13,16). The van der Waals surface area contributed by atoms with Crippen LogP contribution in [0.25, 0.3) is 0 Å². The number of pyridine rings is 1. The van der Waals surface area contributed by atoms with Gasteiger partial charge in [-0.15, -0.1) is 0 Å². The SMILES string of the molecule is CN(C)CCNC(=O)Cc1ccc(N)cn1. The van der Waals surface area contributed by atoms with E-state index in [1.54, 1.807) is 18.3 Å². The number of aromatic nitrogens is 1. The number of rotatable bonds is 5. The monoisotopic (exact) mass is 222 g/mol. The Hall–Kier alpha value is -1.62. The fraction of sp³-hybridized carbons (Fsp3) is 0.455. The molecule has 0 aliphatic heterocycles. The van der Waals surface area contributed by atoms with Crippen LogP contribution in [0.3, 0.4) is 0 Å². The van der Waals surface area contributed by atoms with Crippen LogP contribution in [0.1, 0.15) is 5.69 Å². The summed E-state index contributed by atoms with van der Waals surface area (Å²) < 4.78 is 0. The second-order valence-corrected chi connectivity index (χ2v) is 3.91. The summed E-state index contributed by atoms with van der Waals surface area (Å²) >= 11 is 0. The van der Waals surface area contributed by atoms with Gasteiger partial charge in [-0.3, -0.25) is 9.78 Å². The van der Waals surface area contributed by atoms with Gasteiger partial charge in [-0.1, -0.05) is 0 Å². The molecule has 0 aromatic carbocycles. The number of nitrogen functional groups attached to an aromatic ring is 1. The van der Waals surface area contributed by atoms with Crippen LogP contribution in [0.5, 0.6) is 0 Å². The van der Waals surface area contributed by atoms with Gasteiger partial charge in [0, 0.05) is 18.8 Å². The van der Waals surface area contributed by atoms with Crippen LogP contribution >= 0.6 is 0 Å². The number of carbonyl (C=O) groups is 1. The van der Waals surface area contributed by atoms with Crippen LogP contribution in [-0.2, 0) is 11.2 Å². The highest BCUT2D eigenvalue weighted by Crippen LogP contribution is 2.01. The minimum absolute atomic E-state index is 0.0147. The molecule has 0 bridgehead atoms. The largest absolute Gasteiger partial charge is 0.397 e. The number of nitrogens with one attached hydrogen (secondary N) is 1. The van der Waals surface area contributed by atoms with E-state index in [4.69, 9.17) is 5.73 Å². The zero-order chi connectivity index (χ0) is 12.0. The van der Waals surface area contributed by atoms with E-state index < -0.39 is 0 Å². The first kappa shape index (κ1) is 12.4. The number of amides is 1. The summed E-state index contributed by atoms with van der Waals surface area (Å²) in [6.45, 7) is 1.49. The van der Waals surface area contributed by atoms with Crippen molar-refractivity contribution in [1.29, 1.82) is 0 Å². The van der Waals surface area contributed by atoms with Crippen LogP contribution in [0.2, 0.25) is 0 Å². The Labute approximate surface area is 95.7 Å². The fourth-order valence-corrected chi connectivity index (χ4v) is 1.19. The van der Waals surface area contributed by atoms with E-state index in [0.29, 0.717) is 18.7 Å². The van der Waals surface area contributed by atoms with Gasteiger partial charge in [-0.25, -0.2) is 0 Å². The molecular weight excluding hydrogens is 204 g/mol. The van der Waals surface area contributed by atoms with Crippen LogP contribution in [0.4, 0.5) is 5.69 Å². The molecule has 5 heteroatoms. The maximum absolute atomic E-state index is 11.5. The van der Waals surface area contributed by atoms with Gasteiger partial charge in [0.05, 0.1) is 18.3 Å². The Balaban J connectivity index is 2.31. The highest BCUT2D eigenvalue weighted by Gasteiger charge is 2.03. The predicted octanol–water partition coefficient (Wildman–Crippen LogP) is -0.116. The normalized spacial score (nSPS) is 10.4. The van der Waals surface area contributed by atoms with Gasteiger partial charge in [0.1, 0.15) is 0 Å². The molecule has 88 valence electrons. The summed E-state index contributed by atoms with van der Waals surface area (Å²) in [4.78, 5) is 17.6. The highest BCUT2D eigenvalue weighted by atomic mass is 16.1. The summed E-state index contributed by atoms with van der Waals surface area (Å²) in [5, 5.41) is 2.83. The first-order valence-electron chi connectivity index (χ1n) is 5.20. The Kier molecular flexibility index (Phi) is 4.72. The second kappa shape index (κ2) is 6.07. The molecule has 0 radical (unpaired) electrons. The molecule has 1 rings (SSSR count). The van der Waals surface area contributed by atoms with Crippen molar-refractivity contribution < 1.29 is 4.79 Å². The van der Waals surface area contributed by atoms with Gasteiger partial charge < -0.3 is 16.0 Å². The molecule has 1 amide bonds. The molecule has 0 atom stereocenters. The number of hydrogen-bond acceptors (Lipinski definition) is 4. The van der Waals surface area contributed by atoms with Crippen molar-refractivity contribution in [2.24, 2.45) is 0 Å². The smallest absolute Gasteiger partial charge is 0.226 e. The quantitative estimate of drug-likeness (QED) is 0.729. The van der Waals surface area contributed by atoms with E-state index in [1.165, 1.54) is 0 Å². The van der Waals surface area contributed by atoms with Crippen molar-refractivity contribution in [2.45, 2.75) is 6.42 Å². The Morgan fingerprint density at radius 2 is 2.25 bits per heavy atom. The zero-order valence-electron chi connectivity index (χ0n) is 9.73. The average Bonchev–Trinajstić information content (AvgIpc) is 2.21. The summed E-state index contributed by atoms with van der Waals surface area (Å²) in [6, 6.07) is 3.51. The fourth-order valence-electron chi connectivity index (χ4n) is 1.19. The molecule has 1 aromatic rings. The molecule has 5 nitrogen and oxygen atoms in total. The summed E-state index contributed by atoms with van der Waals surface area (Å²) in [5.74, 6) is -0.0147. The van der Waals surface area contributed by atoms with Crippen LogP contribution in [-0.4, -0.2) is 43.0 Å². The van der Waals surface area contributed by atoms with Crippen molar-refractivity contribution in [1.82, 2.24) is 15.2 Å². The van der Waals surface area contributed by atoms with E-state index in [2.05, 4.69) is 10.3 Å². The maximum Gasteiger partial charge on any atom is 0.226 e. The molecule has 1 aromatic heterocycles. The van der Waals surface area contributed by atoms with E-state index in [0.717, 1.165) is 12.2 Å². The minimum Gasteiger partial charge on any atom is -0.397 e. The molecular formula is C11H18N4O. The van der Waals surface area contributed by atoms with Crippen LogP contribution in [0, 0.1) is 0 Å².